The highest BCUT2D eigenvalue weighted by molar-refractivity contribution is 5.78. The van der Waals surface area contributed by atoms with E-state index in [9.17, 15) is 18.0 Å². The molecular formula is C11H20F3N3O. The molecule has 1 saturated heterocycles. The van der Waals surface area contributed by atoms with Gasteiger partial charge in [-0.3, -0.25) is 4.79 Å². The minimum atomic E-state index is -4.13. The number of likely N-dealkylation sites (tertiary alicyclic amines) is 1. The third-order valence-electron chi connectivity index (χ3n) is 3.03. The summed E-state index contributed by atoms with van der Waals surface area (Å²) >= 11 is 0. The largest absolute Gasteiger partial charge is 0.390 e. The van der Waals surface area contributed by atoms with E-state index in [1.165, 1.54) is 0 Å². The van der Waals surface area contributed by atoms with Crippen molar-refractivity contribution in [3.05, 3.63) is 0 Å². The molecule has 0 saturated carbocycles. The molecule has 1 amide bonds. The molecule has 0 aromatic carbocycles. The van der Waals surface area contributed by atoms with E-state index in [0.717, 1.165) is 12.8 Å². The van der Waals surface area contributed by atoms with Crippen molar-refractivity contribution in [3.8, 4) is 0 Å². The number of nitrogens with zero attached hydrogens (tertiary/aromatic N) is 1. The zero-order valence-electron chi connectivity index (χ0n) is 10.3. The van der Waals surface area contributed by atoms with E-state index >= 15 is 0 Å². The molecule has 18 heavy (non-hydrogen) atoms. The topological polar surface area (TPSA) is 58.4 Å². The van der Waals surface area contributed by atoms with E-state index < -0.39 is 12.6 Å². The molecule has 1 fully saturated rings. The Bertz CT molecular complexity index is 271. The van der Waals surface area contributed by atoms with E-state index in [4.69, 9.17) is 5.73 Å². The molecule has 0 bridgehead atoms. The second-order valence-electron chi connectivity index (χ2n) is 4.58. The maximum Gasteiger partial charge on any atom is 0.390 e. The Balaban J connectivity index is 2.34. The van der Waals surface area contributed by atoms with Crippen LogP contribution in [0.15, 0.2) is 0 Å². The lowest BCUT2D eigenvalue weighted by molar-refractivity contribution is -0.139. The van der Waals surface area contributed by atoms with Crippen LogP contribution in [0.1, 0.15) is 19.3 Å². The number of hydrogen-bond acceptors (Lipinski definition) is 3. The predicted octanol–water partition coefficient (Wildman–Crippen LogP) is 0.726. The van der Waals surface area contributed by atoms with E-state index in [2.05, 4.69) is 5.32 Å². The van der Waals surface area contributed by atoms with Crippen molar-refractivity contribution in [1.82, 2.24) is 10.2 Å². The number of nitrogens with two attached hydrogens (primary N) is 1. The van der Waals surface area contributed by atoms with Crippen molar-refractivity contribution in [1.29, 1.82) is 0 Å². The highest BCUT2D eigenvalue weighted by atomic mass is 19.4. The summed E-state index contributed by atoms with van der Waals surface area (Å²) in [4.78, 5) is 13.4. The van der Waals surface area contributed by atoms with Gasteiger partial charge in [-0.05, 0) is 19.4 Å². The summed E-state index contributed by atoms with van der Waals surface area (Å²) in [6.45, 7) is 1.81. The second-order valence-corrected chi connectivity index (χ2v) is 4.58. The minimum Gasteiger partial charge on any atom is -0.355 e. The molecule has 1 heterocycles. The first-order valence-electron chi connectivity index (χ1n) is 6.19. The molecule has 1 unspecified atom stereocenters. The lowest BCUT2D eigenvalue weighted by Crippen LogP contribution is -2.44. The van der Waals surface area contributed by atoms with E-state index in [0.29, 0.717) is 26.2 Å². The molecule has 1 rings (SSSR count). The normalized spacial score (nSPS) is 21.9. The number of halogens is 3. The van der Waals surface area contributed by atoms with Crippen molar-refractivity contribution < 1.29 is 18.0 Å². The van der Waals surface area contributed by atoms with Crippen LogP contribution in [0.25, 0.3) is 0 Å². The van der Waals surface area contributed by atoms with Crippen molar-refractivity contribution in [3.63, 3.8) is 0 Å². The number of rotatable bonds is 5. The van der Waals surface area contributed by atoms with Gasteiger partial charge < -0.3 is 16.0 Å². The third-order valence-corrected chi connectivity index (χ3v) is 3.03. The van der Waals surface area contributed by atoms with E-state index in [1.54, 1.807) is 4.90 Å². The maximum atomic E-state index is 12.1. The number of hydrogen-bond donors (Lipinski definition) is 2. The molecule has 0 radical (unpaired) electrons. The van der Waals surface area contributed by atoms with Crippen LogP contribution in [0.3, 0.4) is 0 Å². The number of piperidine rings is 1. The van der Waals surface area contributed by atoms with Crippen LogP contribution in [0.4, 0.5) is 13.2 Å². The monoisotopic (exact) mass is 267 g/mol. The van der Waals surface area contributed by atoms with Gasteiger partial charge in [-0.2, -0.15) is 13.2 Å². The molecule has 106 valence electrons. The van der Waals surface area contributed by atoms with Crippen LogP contribution in [0.2, 0.25) is 0 Å². The summed E-state index contributed by atoms with van der Waals surface area (Å²) in [5.74, 6) is -0.310. The molecule has 3 N–H and O–H groups in total. The summed E-state index contributed by atoms with van der Waals surface area (Å²) in [6.07, 6.45) is -3.45. The van der Waals surface area contributed by atoms with Gasteiger partial charge in [0, 0.05) is 26.2 Å². The van der Waals surface area contributed by atoms with Crippen LogP contribution in [-0.4, -0.2) is 49.7 Å². The van der Waals surface area contributed by atoms with Gasteiger partial charge in [-0.15, -0.1) is 0 Å². The number of alkyl halides is 3. The van der Waals surface area contributed by atoms with Gasteiger partial charge in [0.2, 0.25) is 5.91 Å². The Kier molecular flexibility index (Phi) is 5.87. The first-order valence-corrected chi connectivity index (χ1v) is 6.19. The fraction of sp³-hybridized carbons (Fsp3) is 0.909. The maximum absolute atomic E-state index is 12.1. The predicted molar refractivity (Wildman–Crippen MR) is 61.9 cm³/mol. The highest BCUT2D eigenvalue weighted by Gasteiger charge is 2.30. The Morgan fingerprint density at radius 3 is 2.78 bits per heavy atom. The number of carbonyl (C=O) groups excluding carboxylic acids is 1. The van der Waals surface area contributed by atoms with Crippen molar-refractivity contribution >= 4 is 5.91 Å². The quantitative estimate of drug-likeness (QED) is 0.772. The van der Waals surface area contributed by atoms with Crippen molar-refractivity contribution in [2.24, 2.45) is 11.7 Å². The summed E-state index contributed by atoms with van der Waals surface area (Å²) in [6, 6.07) is 0. The Morgan fingerprint density at radius 2 is 2.17 bits per heavy atom. The lowest BCUT2D eigenvalue weighted by Gasteiger charge is -2.32. The summed E-state index contributed by atoms with van der Waals surface area (Å²) in [7, 11) is 0. The molecule has 0 aromatic rings. The lowest BCUT2D eigenvalue weighted by atomic mass is 9.97. The van der Waals surface area contributed by atoms with Gasteiger partial charge in [0.05, 0.1) is 12.3 Å². The standard InChI is InChI=1S/C11H20F3N3O/c12-11(13,14)3-7-17-6-1-2-9(8-17)10(18)16-5-4-15/h9H,1-8,15H2,(H,16,18). The van der Waals surface area contributed by atoms with Crippen molar-refractivity contribution in [2.75, 3.05) is 32.7 Å². The zero-order valence-corrected chi connectivity index (χ0v) is 10.3. The number of carbonyl (C=O) groups is 1. The summed E-state index contributed by atoms with van der Waals surface area (Å²) < 4.78 is 36.3. The molecular weight excluding hydrogens is 247 g/mol. The smallest absolute Gasteiger partial charge is 0.355 e. The van der Waals surface area contributed by atoms with Crippen LogP contribution >= 0.6 is 0 Å². The van der Waals surface area contributed by atoms with Gasteiger partial charge >= 0.3 is 6.18 Å². The van der Waals surface area contributed by atoms with Gasteiger partial charge in [0.25, 0.3) is 0 Å². The van der Waals surface area contributed by atoms with Gasteiger partial charge in [-0.1, -0.05) is 0 Å². The zero-order chi connectivity index (χ0) is 13.6. The molecule has 0 spiro atoms. The Labute approximate surface area is 105 Å². The SMILES string of the molecule is NCCNC(=O)C1CCCN(CCC(F)(F)F)C1. The molecule has 1 atom stereocenters. The second kappa shape index (κ2) is 6.94. The third kappa shape index (κ3) is 5.68. The van der Waals surface area contributed by atoms with Crippen LogP contribution in [0, 0.1) is 5.92 Å². The average Bonchev–Trinajstić information content (AvgIpc) is 2.33. The minimum absolute atomic E-state index is 0.0236. The average molecular weight is 267 g/mol. The molecule has 0 aliphatic carbocycles. The first-order chi connectivity index (χ1) is 8.42. The van der Waals surface area contributed by atoms with Gasteiger partial charge in [-0.25, -0.2) is 0 Å². The Hall–Kier alpha value is -0.820. The van der Waals surface area contributed by atoms with Crippen LogP contribution in [0.5, 0.6) is 0 Å². The van der Waals surface area contributed by atoms with Gasteiger partial charge in [0.1, 0.15) is 0 Å². The Morgan fingerprint density at radius 1 is 1.44 bits per heavy atom. The van der Waals surface area contributed by atoms with Gasteiger partial charge in [0.15, 0.2) is 0 Å². The fourth-order valence-electron chi connectivity index (χ4n) is 2.10. The molecule has 1 aliphatic rings. The van der Waals surface area contributed by atoms with Crippen LogP contribution in [-0.2, 0) is 4.79 Å². The summed E-state index contributed by atoms with van der Waals surface area (Å²) in [5, 5.41) is 2.68. The summed E-state index contributed by atoms with van der Waals surface area (Å²) in [5.41, 5.74) is 5.28. The molecule has 1 aliphatic heterocycles. The number of amides is 1. The van der Waals surface area contributed by atoms with E-state index in [1.807, 2.05) is 0 Å². The van der Waals surface area contributed by atoms with E-state index in [-0.39, 0.29) is 18.4 Å². The molecule has 7 heteroatoms. The fourth-order valence-corrected chi connectivity index (χ4v) is 2.10. The van der Waals surface area contributed by atoms with Crippen LogP contribution < -0.4 is 11.1 Å². The number of nitrogens with one attached hydrogen (secondary N) is 1. The first kappa shape index (κ1) is 15.2. The molecule has 0 aromatic heterocycles. The molecule has 4 nitrogen and oxygen atoms in total. The highest BCUT2D eigenvalue weighted by Crippen LogP contribution is 2.22. The van der Waals surface area contributed by atoms with Crippen molar-refractivity contribution in [2.45, 2.75) is 25.4 Å².